The van der Waals surface area contributed by atoms with Gasteiger partial charge in [-0.1, -0.05) is 13.3 Å². The molecule has 0 bridgehead atoms. The fourth-order valence-electron chi connectivity index (χ4n) is 1.78. The highest BCUT2D eigenvalue weighted by molar-refractivity contribution is 4.43. The lowest BCUT2D eigenvalue weighted by molar-refractivity contribution is -0.910. The van der Waals surface area contributed by atoms with Gasteiger partial charge in [0.25, 0.3) is 0 Å². The van der Waals surface area contributed by atoms with Crippen molar-refractivity contribution >= 4 is 0 Å². The van der Waals surface area contributed by atoms with Crippen molar-refractivity contribution in [1.29, 1.82) is 0 Å². The SMILES string of the molecule is CCCC[N+](C)(CCOCCO)CCOCCO. The molecule has 0 aliphatic rings. The highest BCUT2D eigenvalue weighted by Crippen LogP contribution is 2.06. The second-order valence-corrected chi connectivity index (χ2v) is 4.82. The van der Waals surface area contributed by atoms with Gasteiger partial charge in [0.15, 0.2) is 0 Å². The molecule has 5 heteroatoms. The molecule has 0 saturated heterocycles. The van der Waals surface area contributed by atoms with Crippen LogP contribution in [0.25, 0.3) is 0 Å². The molecule has 0 radical (unpaired) electrons. The molecule has 0 unspecified atom stereocenters. The summed E-state index contributed by atoms with van der Waals surface area (Å²) < 4.78 is 11.6. The first-order valence-electron chi connectivity index (χ1n) is 6.89. The lowest BCUT2D eigenvalue weighted by Crippen LogP contribution is -2.49. The summed E-state index contributed by atoms with van der Waals surface area (Å²) in [5.41, 5.74) is 0. The monoisotopic (exact) mass is 264 g/mol. The number of aliphatic hydroxyl groups is 2. The Morgan fingerprint density at radius 3 is 1.72 bits per heavy atom. The number of nitrogens with zero attached hydrogens (tertiary/aromatic N) is 1. The Bertz CT molecular complexity index is 166. The second kappa shape index (κ2) is 11.9. The van der Waals surface area contributed by atoms with Gasteiger partial charge in [-0.25, -0.2) is 0 Å². The predicted molar refractivity (Wildman–Crippen MR) is 71.5 cm³/mol. The lowest BCUT2D eigenvalue weighted by atomic mass is 10.2. The molecule has 0 aliphatic carbocycles. The van der Waals surface area contributed by atoms with Crippen molar-refractivity contribution in [2.24, 2.45) is 0 Å². The summed E-state index contributed by atoms with van der Waals surface area (Å²) >= 11 is 0. The van der Waals surface area contributed by atoms with Crippen LogP contribution in [0.2, 0.25) is 0 Å². The molecule has 0 aliphatic heterocycles. The molecular weight excluding hydrogens is 234 g/mol. The van der Waals surface area contributed by atoms with E-state index in [1.165, 1.54) is 12.8 Å². The molecule has 0 atom stereocenters. The molecule has 18 heavy (non-hydrogen) atoms. The van der Waals surface area contributed by atoms with E-state index in [9.17, 15) is 0 Å². The minimum Gasteiger partial charge on any atom is -0.394 e. The Morgan fingerprint density at radius 1 is 0.833 bits per heavy atom. The molecule has 2 N–H and O–H groups in total. The molecule has 0 amide bonds. The van der Waals surface area contributed by atoms with Crippen LogP contribution in [-0.2, 0) is 9.47 Å². The highest BCUT2D eigenvalue weighted by Gasteiger charge is 2.20. The molecule has 0 spiro atoms. The number of ether oxygens (including phenoxy) is 2. The second-order valence-electron chi connectivity index (χ2n) is 4.82. The smallest absolute Gasteiger partial charge is 0.102 e. The highest BCUT2D eigenvalue weighted by atomic mass is 16.5. The van der Waals surface area contributed by atoms with Gasteiger partial charge in [-0.05, 0) is 6.42 Å². The standard InChI is InChI=1S/C13H30NO4/c1-3-4-5-14(2,6-10-17-12-8-15)7-11-18-13-9-16/h15-16H,3-13H2,1-2H3/q+1. The summed E-state index contributed by atoms with van der Waals surface area (Å²) in [5, 5.41) is 17.3. The van der Waals surface area contributed by atoms with Crippen LogP contribution in [-0.4, -0.2) is 81.0 Å². The van der Waals surface area contributed by atoms with E-state index >= 15 is 0 Å². The van der Waals surface area contributed by atoms with E-state index in [0.717, 1.165) is 24.1 Å². The molecule has 0 rings (SSSR count). The average Bonchev–Trinajstić information content (AvgIpc) is 2.38. The first kappa shape index (κ1) is 17.8. The Hall–Kier alpha value is -0.200. The molecule has 0 aromatic rings. The van der Waals surface area contributed by atoms with Crippen LogP contribution >= 0.6 is 0 Å². The van der Waals surface area contributed by atoms with Crippen LogP contribution < -0.4 is 0 Å². The summed E-state index contributed by atoms with van der Waals surface area (Å²) in [6.07, 6.45) is 2.37. The van der Waals surface area contributed by atoms with E-state index in [2.05, 4.69) is 14.0 Å². The van der Waals surface area contributed by atoms with Gasteiger partial charge in [-0.15, -0.1) is 0 Å². The Kier molecular flexibility index (Phi) is 11.7. The number of unbranched alkanes of at least 4 members (excludes halogenated alkanes) is 1. The zero-order valence-corrected chi connectivity index (χ0v) is 11.9. The quantitative estimate of drug-likeness (QED) is 0.370. The van der Waals surface area contributed by atoms with Crippen LogP contribution in [0.15, 0.2) is 0 Å². The summed E-state index contributed by atoms with van der Waals surface area (Å²) in [6.45, 7) is 7.49. The van der Waals surface area contributed by atoms with Crippen LogP contribution in [0.4, 0.5) is 0 Å². The maximum absolute atomic E-state index is 8.66. The fourth-order valence-corrected chi connectivity index (χ4v) is 1.78. The van der Waals surface area contributed by atoms with Gasteiger partial charge in [0, 0.05) is 0 Å². The zero-order valence-electron chi connectivity index (χ0n) is 11.9. The molecule has 0 aromatic carbocycles. The van der Waals surface area contributed by atoms with Crippen molar-refractivity contribution in [2.75, 3.05) is 66.3 Å². The minimum atomic E-state index is 0.0816. The molecule has 0 fully saturated rings. The topological polar surface area (TPSA) is 58.9 Å². The van der Waals surface area contributed by atoms with E-state index in [1.54, 1.807) is 0 Å². The molecule has 0 aromatic heterocycles. The largest absolute Gasteiger partial charge is 0.394 e. The first-order chi connectivity index (χ1) is 8.68. The molecule has 110 valence electrons. The summed E-state index contributed by atoms with van der Waals surface area (Å²) in [5.74, 6) is 0. The van der Waals surface area contributed by atoms with Crippen LogP contribution in [0.5, 0.6) is 0 Å². The summed E-state index contributed by atoms with van der Waals surface area (Å²) in [4.78, 5) is 0. The maximum Gasteiger partial charge on any atom is 0.102 e. The van der Waals surface area contributed by atoms with E-state index in [-0.39, 0.29) is 13.2 Å². The minimum absolute atomic E-state index is 0.0816. The van der Waals surface area contributed by atoms with Gasteiger partial charge in [0.1, 0.15) is 13.1 Å². The Balaban J connectivity index is 3.90. The van der Waals surface area contributed by atoms with Crippen LogP contribution in [0.3, 0.4) is 0 Å². The molecular formula is C13H30NO4+. The van der Waals surface area contributed by atoms with Crippen molar-refractivity contribution < 1.29 is 24.2 Å². The van der Waals surface area contributed by atoms with Gasteiger partial charge < -0.3 is 24.2 Å². The Labute approximate surface area is 111 Å². The van der Waals surface area contributed by atoms with E-state index < -0.39 is 0 Å². The van der Waals surface area contributed by atoms with Crippen molar-refractivity contribution in [3.8, 4) is 0 Å². The number of rotatable bonds is 13. The van der Waals surface area contributed by atoms with E-state index in [1.807, 2.05) is 0 Å². The average molecular weight is 264 g/mol. The first-order valence-corrected chi connectivity index (χ1v) is 6.89. The van der Waals surface area contributed by atoms with Crippen LogP contribution in [0, 0.1) is 0 Å². The lowest BCUT2D eigenvalue weighted by Gasteiger charge is -2.34. The van der Waals surface area contributed by atoms with Gasteiger partial charge in [0.2, 0.25) is 0 Å². The predicted octanol–water partition coefficient (Wildman–Crippen LogP) is 0.251. The fraction of sp³-hybridized carbons (Fsp3) is 1.00. The third-order valence-corrected chi connectivity index (χ3v) is 3.07. The van der Waals surface area contributed by atoms with Crippen molar-refractivity contribution in [3.05, 3.63) is 0 Å². The normalized spacial score (nSPS) is 12.0. The Morgan fingerprint density at radius 2 is 1.33 bits per heavy atom. The molecule has 0 heterocycles. The third-order valence-electron chi connectivity index (χ3n) is 3.07. The van der Waals surface area contributed by atoms with E-state index in [0.29, 0.717) is 26.4 Å². The number of aliphatic hydroxyl groups excluding tert-OH is 2. The number of likely N-dealkylation sites (N-methyl/N-ethyl adjacent to an activating group) is 1. The zero-order chi connectivity index (χ0) is 13.7. The summed E-state index contributed by atoms with van der Waals surface area (Å²) in [7, 11) is 2.21. The number of hydrogen-bond donors (Lipinski definition) is 2. The summed E-state index contributed by atoms with van der Waals surface area (Å²) in [6, 6.07) is 0. The van der Waals surface area contributed by atoms with Gasteiger partial charge >= 0.3 is 0 Å². The number of quaternary nitrogens is 1. The van der Waals surface area contributed by atoms with Crippen molar-refractivity contribution in [3.63, 3.8) is 0 Å². The number of hydrogen-bond acceptors (Lipinski definition) is 4. The van der Waals surface area contributed by atoms with E-state index in [4.69, 9.17) is 19.7 Å². The maximum atomic E-state index is 8.66. The van der Waals surface area contributed by atoms with Crippen LogP contribution in [0.1, 0.15) is 19.8 Å². The van der Waals surface area contributed by atoms with Gasteiger partial charge in [-0.2, -0.15) is 0 Å². The molecule has 0 saturated carbocycles. The third kappa shape index (κ3) is 9.79. The van der Waals surface area contributed by atoms with Gasteiger partial charge in [-0.3, -0.25) is 0 Å². The molecule has 5 nitrogen and oxygen atoms in total. The van der Waals surface area contributed by atoms with Crippen molar-refractivity contribution in [1.82, 2.24) is 0 Å². The van der Waals surface area contributed by atoms with Gasteiger partial charge in [0.05, 0.1) is 53.2 Å². The van der Waals surface area contributed by atoms with Crippen molar-refractivity contribution in [2.45, 2.75) is 19.8 Å².